The summed E-state index contributed by atoms with van der Waals surface area (Å²) < 4.78 is 4.98. The van der Waals surface area contributed by atoms with Gasteiger partial charge in [-0.05, 0) is 31.2 Å². The Labute approximate surface area is 111 Å². The summed E-state index contributed by atoms with van der Waals surface area (Å²) in [6.45, 7) is 1.98. The lowest BCUT2D eigenvalue weighted by Gasteiger charge is -2.04. The number of benzene rings is 1. The molecule has 0 fully saturated rings. The van der Waals surface area contributed by atoms with Crippen molar-refractivity contribution in [2.75, 3.05) is 5.32 Å². The highest BCUT2D eigenvalue weighted by atomic mass is 16.3. The first-order valence-corrected chi connectivity index (χ1v) is 6.08. The highest BCUT2D eigenvalue weighted by Crippen LogP contribution is 2.10. The molecule has 0 aliphatic rings. The second kappa shape index (κ2) is 6.00. The van der Waals surface area contributed by atoms with Gasteiger partial charge in [0.2, 0.25) is 5.91 Å². The molecule has 0 aliphatic carbocycles. The number of carbonyl (C=O) groups excluding carboxylic acids is 2. The van der Waals surface area contributed by atoms with E-state index in [9.17, 15) is 9.59 Å². The molecule has 0 bridgehead atoms. The zero-order valence-corrected chi connectivity index (χ0v) is 10.7. The molecule has 2 aromatic rings. The van der Waals surface area contributed by atoms with Crippen LogP contribution in [0.3, 0.4) is 0 Å². The van der Waals surface area contributed by atoms with E-state index < -0.39 is 0 Å². The van der Waals surface area contributed by atoms with Gasteiger partial charge in [-0.3, -0.25) is 9.59 Å². The number of aryl methyl sites for hydroxylation is 1. The number of carbonyl (C=O) groups is 2. The Morgan fingerprint density at radius 1 is 1.11 bits per heavy atom. The molecule has 4 nitrogen and oxygen atoms in total. The van der Waals surface area contributed by atoms with E-state index in [1.54, 1.807) is 12.1 Å². The van der Waals surface area contributed by atoms with Crippen molar-refractivity contribution in [2.24, 2.45) is 0 Å². The van der Waals surface area contributed by atoms with E-state index in [1.807, 2.05) is 31.2 Å². The van der Waals surface area contributed by atoms with Crippen LogP contribution < -0.4 is 5.32 Å². The van der Waals surface area contributed by atoms with Crippen molar-refractivity contribution in [3.8, 4) is 0 Å². The molecule has 4 heteroatoms. The predicted molar refractivity (Wildman–Crippen MR) is 72.1 cm³/mol. The highest BCUT2D eigenvalue weighted by molar-refractivity contribution is 5.98. The summed E-state index contributed by atoms with van der Waals surface area (Å²) in [5.74, 6) is -0.0454. The Bertz CT molecular complexity index is 556. The zero-order chi connectivity index (χ0) is 13.7. The molecule has 1 amide bonds. The fourth-order valence-corrected chi connectivity index (χ4v) is 1.65. The third-order valence-corrected chi connectivity index (χ3v) is 2.71. The predicted octanol–water partition coefficient (Wildman–Crippen LogP) is 3.19. The average Bonchev–Trinajstić information content (AvgIpc) is 2.93. The van der Waals surface area contributed by atoms with Gasteiger partial charge in [-0.15, -0.1) is 0 Å². The molecule has 19 heavy (non-hydrogen) atoms. The SMILES string of the molecule is Cc1ccc(NC(=O)CCC(=O)c2ccco2)cc1. The third kappa shape index (κ3) is 3.81. The summed E-state index contributed by atoms with van der Waals surface area (Å²) in [7, 11) is 0. The molecule has 1 heterocycles. The van der Waals surface area contributed by atoms with Gasteiger partial charge in [0.15, 0.2) is 11.5 Å². The van der Waals surface area contributed by atoms with E-state index in [0.29, 0.717) is 5.76 Å². The maximum atomic E-state index is 11.7. The second-order valence-electron chi connectivity index (χ2n) is 4.31. The quantitative estimate of drug-likeness (QED) is 0.837. The van der Waals surface area contributed by atoms with Gasteiger partial charge in [0.05, 0.1) is 6.26 Å². The van der Waals surface area contributed by atoms with Gasteiger partial charge in [0.25, 0.3) is 0 Å². The Balaban J connectivity index is 1.82. The lowest BCUT2D eigenvalue weighted by molar-refractivity contribution is -0.116. The highest BCUT2D eigenvalue weighted by Gasteiger charge is 2.11. The van der Waals surface area contributed by atoms with Crippen molar-refractivity contribution >= 4 is 17.4 Å². The van der Waals surface area contributed by atoms with Crippen LogP contribution in [0.15, 0.2) is 47.1 Å². The Morgan fingerprint density at radius 2 is 1.84 bits per heavy atom. The van der Waals surface area contributed by atoms with E-state index in [0.717, 1.165) is 11.3 Å². The lowest BCUT2D eigenvalue weighted by atomic mass is 10.1. The van der Waals surface area contributed by atoms with Crippen LogP contribution in [0.1, 0.15) is 29.0 Å². The van der Waals surface area contributed by atoms with Gasteiger partial charge in [-0.1, -0.05) is 17.7 Å². The second-order valence-corrected chi connectivity index (χ2v) is 4.31. The van der Waals surface area contributed by atoms with E-state index >= 15 is 0 Å². The molecule has 2 rings (SSSR count). The Kier molecular flexibility index (Phi) is 4.13. The van der Waals surface area contributed by atoms with Crippen molar-refractivity contribution < 1.29 is 14.0 Å². The average molecular weight is 257 g/mol. The van der Waals surface area contributed by atoms with Crippen LogP contribution in [0.5, 0.6) is 0 Å². The summed E-state index contributed by atoms with van der Waals surface area (Å²) >= 11 is 0. The Hall–Kier alpha value is -2.36. The maximum Gasteiger partial charge on any atom is 0.224 e. The van der Waals surface area contributed by atoms with Gasteiger partial charge in [0.1, 0.15) is 0 Å². The first-order chi connectivity index (χ1) is 9.15. The normalized spacial score (nSPS) is 10.2. The lowest BCUT2D eigenvalue weighted by Crippen LogP contribution is -2.13. The summed E-state index contributed by atoms with van der Waals surface area (Å²) in [5, 5.41) is 2.75. The molecule has 0 saturated heterocycles. The molecule has 0 spiro atoms. The minimum Gasteiger partial charge on any atom is -0.461 e. The largest absolute Gasteiger partial charge is 0.461 e. The zero-order valence-electron chi connectivity index (χ0n) is 10.7. The van der Waals surface area contributed by atoms with Crippen molar-refractivity contribution in [3.63, 3.8) is 0 Å². The van der Waals surface area contributed by atoms with Crippen molar-refractivity contribution in [2.45, 2.75) is 19.8 Å². The van der Waals surface area contributed by atoms with Crippen molar-refractivity contribution in [1.82, 2.24) is 0 Å². The van der Waals surface area contributed by atoms with Crippen LogP contribution in [0.25, 0.3) is 0 Å². The number of hydrogen-bond donors (Lipinski definition) is 1. The monoisotopic (exact) mass is 257 g/mol. The van der Waals surface area contributed by atoms with Crippen LogP contribution in [-0.2, 0) is 4.79 Å². The minimum atomic E-state index is -0.177. The van der Waals surface area contributed by atoms with Crippen LogP contribution in [0, 0.1) is 6.92 Å². The van der Waals surface area contributed by atoms with E-state index in [2.05, 4.69) is 5.32 Å². The number of hydrogen-bond acceptors (Lipinski definition) is 3. The molecule has 1 aromatic carbocycles. The number of ketones is 1. The van der Waals surface area contributed by atoms with Crippen molar-refractivity contribution in [1.29, 1.82) is 0 Å². The van der Waals surface area contributed by atoms with Crippen LogP contribution in [-0.4, -0.2) is 11.7 Å². The molecule has 0 atom stereocenters. The number of rotatable bonds is 5. The van der Waals surface area contributed by atoms with E-state index in [4.69, 9.17) is 4.42 Å². The van der Waals surface area contributed by atoms with Crippen molar-refractivity contribution in [3.05, 3.63) is 54.0 Å². The number of furan rings is 1. The molecule has 1 aromatic heterocycles. The summed E-state index contributed by atoms with van der Waals surface area (Å²) in [6, 6.07) is 10.8. The standard InChI is InChI=1S/C15H15NO3/c1-11-4-6-12(7-5-11)16-15(18)9-8-13(17)14-3-2-10-19-14/h2-7,10H,8-9H2,1H3,(H,16,18). The topological polar surface area (TPSA) is 59.3 Å². The fourth-order valence-electron chi connectivity index (χ4n) is 1.65. The first kappa shape index (κ1) is 13.1. The van der Waals surface area contributed by atoms with Crippen LogP contribution in [0.4, 0.5) is 5.69 Å². The van der Waals surface area contributed by atoms with E-state index in [1.165, 1.54) is 6.26 Å². The molecule has 98 valence electrons. The van der Waals surface area contributed by atoms with Gasteiger partial charge in [0, 0.05) is 18.5 Å². The number of Topliss-reactive ketones (excluding diaryl/α,β-unsaturated/α-hetero) is 1. The minimum absolute atomic E-state index is 0.144. The molecule has 0 saturated carbocycles. The van der Waals surface area contributed by atoms with Gasteiger partial charge in [-0.25, -0.2) is 0 Å². The molecule has 1 N–H and O–H groups in total. The van der Waals surface area contributed by atoms with Crippen LogP contribution in [0.2, 0.25) is 0 Å². The third-order valence-electron chi connectivity index (χ3n) is 2.71. The maximum absolute atomic E-state index is 11.7. The molecule has 0 unspecified atom stereocenters. The molecular weight excluding hydrogens is 242 g/mol. The number of anilines is 1. The molecule has 0 aliphatic heterocycles. The summed E-state index contributed by atoms with van der Waals surface area (Å²) in [4.78, 5) is 23.3. The number of nitrogens with one attached hydrogen (secondary N) is 1. The smallest absolute Gasteiger partial charge is 0.224 e. The molecule has 0 radical (unpaired) electrons. The van der Waals surface area contributed by atoms with E-state index in [-0.39, 0.29) is 24.5 Å². The fraction of sp³-hybridized carbons (Fsp3) is 0.200. The van der Waals surface area contributed by atoms with Gasteiger partial charge >= 0.3 is 0 Å². The summed E-state index contributed by atoms with van der Waals surface area (Å²) in [6.07, 6.45) is 1.73. The Morgan fingerprint density at radius 3 is 2.47 bits per heavy atom. The first-order valence-electron chi connectivity index (χ1n) is 6.08. The number of amides is 1. The van der Waals surface area contributed by atoms with Crippen LogP contribution >= 0.6 is 0 Å². The molecular formula is C15H15NO3. The summed E-state index contributed by atoms with van der Waals surface area (Å²) in [5.41, 5.74) is 1.87. The van der Waals surface area contributed by atoms with Gasteiger partial charge in [-0.2, -0.15) is 0 Å². The van der Waals surface area contributed by atoms with Gasteiger partial charge < -0.3 is 9.73 Å².